The Kier molecular flexibility index (Phi) is 5.74. The molecule has 0 unspecified atom stereocenters. The number of carbonyl (C=O) groups is 3. The Balaban J connectivity index is 1.84. The normalized spacial score (nSPS) is 14.0. The van der Waals surface area contributed by atoms with Gasteiger partial charge in [-0.05, 0) is 29.8 Å². The second-order valence-corrected chi connectivity index (χ2v) is 6.09. The molecule has 1 heterocycles. The van der Waals surface area contributed by atoms with Crippen LogP contribution in [0.3, 0.4) is 0 Å². The molecule has 28 heavy (non-hydrogen) atoms. The Morgan fingerprint density at radius 1 is 1.07 bits per heavy atom. The highest BCUT2D eigenvalue weighted by Gasteiger charge is 2.33. The Bertz CT molecular complexity index is 934. The van der Waals surface area contributed by atoms with Gasteiger partial charge in [-0.3, -0.25) is 19.3 Å². The number of anilines is 1. The third-order valence-corrected chi connectivity index (χ3v) is 4.35. The molecule has 0 saturated carbocycles. The Labute approximate surface area is 162 Å². The van der Waals surface area contributed by atoms with Gasteiger partial charge in [-0.15, -0.1) is 0 Å². The molecule has 2 amide bonds. The van der Waals surface area contributed by atoms with E-state index in [-0.39, 0.29) is 19.0 Å². The van der Waals surface area contributed by atoms with E-state index in [1.165, 1.54) is 12.0 Å². The Morgan fingerprint density at radius 2 is 1.79 bits per heavy atom. The van der Waals surface area contributed by atoms with Crippen LogP contribution in [0.1, 0.15) is 11.1 Å². The van der Waals surface area contributed by atoms with E-state index in [1.54, 1.807) is 19.3 Å². The number of ether oxygens (including phenoxy) is 2. The molecule has 0 spiro atoms. The number of nitrogens with zero attached hydrogens (tertiary/aromatic N) is 1. The topological polar surface area (TPSA) is 84.9 Å². The van der Waals surface area contributed by atoms with Gasteiger partial charge in [0.15, 0.2) is 0 Å². The fourth-order valence-electron chi connectivity index (χ4n) is 2.91. The highest BCUT2D eigenvalue weighted by atomic mass is 16.5. The van der Waals surface area contributed by atoms with Gasteiger partial charge >= 0.3 is 5.97 Å². The summed E-state index contributed by atoms with van der Waals surface area (Å²) in [4.78, 5) is 37.7. The maximum atomic E-state index is 13.0. The predicted octanol–water partition coefficient (Wildman–Crippen LogP) is 1.87. The van der Waals surface area contributed by atoms with Crippen molar-refractivity contribution in [3.05, 3.63) is 59.7 Å². The molecule has 2 aromatic rings. The van der Waals surface area contributed by atoms with E-state index < -0.39 is 11.9 Å². The standard InChI is InChI=1S/C21H20N2O5/c1-27-15-9-7-14(8-10-15)11-17-16-5-3-4-6-18(16)23(21(17)26)13-19(24)22-12-20(25)28-2/h3-11H,12-13H2,1-2H3,(H,22,24)/b17-11+. The minimum Gasteiger partial charge on any atom is -0.497 e. The maximum absolute atomic E-state index is 13.0. The number of hydrogen-bond donors (Lipinski definition) is 1. The van der Waals surface area contributed by atoms with E-state index in [0.29, 0.717) is 11.3 Å². The van der Waals surface area contributed by atoms with Crippen molar-refractivity contribution >= 4 is 35.1 Å². The maximum Gasteiger partial charge on any atom is 0.325 e. The van der Waals surface area contributed by atoms with E-state index in [4.69, 9.17) is 4.74 Å². The van der Waals surface area contributed by atoms with Gasteiger partial charge in [0.05, 0.1) is 19.9 Å². The summed E-state index contributed by atoms with van der Waals surface area (Å²) in [7, 11) is 2.83. The van der Waals surface area contributed by atoms with Crippen LogP contribution in [0.25, 0.3) is 11.6 Å². The lowest BCUT2D eigenvalue weighted by atomic mass is 10.0. The smallest absolute Gasteiger partial charge is 0.325 e. The third kappa shape index (κ3) is 4.03. The van der Waals surface area contributed by atoms with Crippen LogP contribution in [0.15, 0.2) is 48.5 Å². The molecule has 144 valence electrons. The number of benzene rings is 2. The molecule has 0 aliphatic carbocycles. The highest BCUT2D eigenvalue weighted by molar-refractivity contribution is 6.36. The molecule has 0 fully saturated rings. The van der Waals surface area contributed by atoms with E-state index in [2.05, 4.69) is 10.1 Å². The number of fused-ring (bicyclic) bond motifs is 1. The molecule has 3 rings (SSSR count). The number of carbonyl (C=O) groups excluding carboxylic acids is 3. The molecule has 0 atom stereocenters. The minimum absolute atomic E-state index is 0.188. The van der Waals surface area contributed by atoms with Crippen LogP contribution in [0.5, 0.6) is 5.75 Å². The minimum atomic E-state index is -0.554. The lowest BCUT2D eigenvalue weighted by Gasteiger charge is -2.16. The van der Waals surface area contributed by atoms with E-state index in [9.17, 15) is 14.4 Å². The molecule has 7 heteroatoms. The Morgan fingerprint density at radius 3 is 2.46 bits per heavy atom. The monoisotopic (exact) mass is 380 g/mol. The van der Waals surface area contributed by atoms with Crippen molar-refractivity contribution in [2.45, 2.75) is 0 Å². The van der Waals surface area contributed by atoms with Crippen molar-refractivity contribution in [2.75, 3.05) is 32.2 Å². The molecule has 2 aromatic carbocycles. The van der Waals surface area contributed by atoms with Crippen LogP contribution in [0.2, 0.25) is 0 Å². The summed E-state index contributed by atoms with van der Waals surface area (Å²) in [5.41, 5.74) is 2.75. The van der Waals surface area contributed by atoms with Crippen molar-refractivity contribution in [2.24, 2.45) is 0 Å². The summed E-state index contributed by atoms with van der Waals surface area (Å²) in [5, 5.41) is 2.45. The van der Waals surface area contributed by atoms with Crippen molar-refractivity contribution in [3.63, 3.8) is 0 Å². The first kappa shape index (κ1) is 19.2. The average Bonchev–Trinajstić information content (AvgIpc) is 2.98. The molecule has 0 radical (unpaired) electrons. The molecule has 0 saturated heterocycles. The highest BCUT2D eigenvalue weighted by Crippen LogP contribution is 2.37. The first-order valence-electron chi connectivity index (χ1n) is 8.64. The van der Waals surface area contributed by atoms with Gasteiger partial charge in [0, 0.05) is 11.1 Å². The summed E-state index contributed by atoms with van der Waals surface area (Å²) in [6, 6.07) is 14.6. The first-order chi connectivity index (χ1) is 13.5. The molecule has 1 aliphatic heterocycles. The first-order valence-corrected chi connectivity index (χ1v) is 8.64. The van der Waals surface area contributed by atoms with Crippen molar-refractivity contribution in [1.29, 1.82) is 0 Å². The lowest BCUT2D eigenvalue weighted by molar-refractivity contribution is -0.141. The summed E-state index contributed by atoms with van der Waals surface area (Å²) in [5.74, 6) is -0.546. The molecule has 0 bridgehead atoms. The molecular weight excluding hydrogens is 360 g/mol. The van der Waals surface area contributed by atoms with Crippen molar-refractivity contribution in [1.82, 2.24) is 5.32 Å². The fraction of sp³-hybridized carbons (Fsp3) is 0.190. The van der Waals surface area contributed by atoms with Crippen LogP contribution < -0.4 is 15.0 Å². The van der Waals surface area contributed by atoms with Gasteiger partial charge in [0.1, 0.15) is 18.8 Å². The molecule has 0 aromatic heterocycles. The molecular formula is C21H20N2O5. The van der Waals surface area contributed by atoms with E-state index >= 15 is 0 Å². The number of nitrogens with one attached hydrogen (secondary N) is 1. The largest absolute Gasteiger partial charge is 0.497 e. The van der Waals surface area contributed by atoms with Gasteiger partial charge in [0.2, 0.25) is 5.91 Å². The Hall–Kier alpha value is -3.61. The molecule has 1 N–H and O–H groups in total. The van der Waals surface area contributed by atoms with Crippen LogP contribution in [-0.2, 0) is 19.1 Å². The average molecular weight is 380 g/mol. The zero-order valence-electron chi connectivity index (χ0n) is 15.6. The van der Waals surface area contributed by atoms with Crippen molar-refractivity contribution in [3.8, 4) is 5.75 Å². The fourth-order valence-corrected chi connectivity index (χ4v) is 2.91. The number of esters is 1. The SMILES string of the molecule is COC(=O)CNC(=O)CN1C(=O)/C(=C/c2ccc(OC)cc2)c2ccccc21. The van der Waals surface area contributed by atoms with Crippen LogP contribution >= 0.6 is 0 Å². The van der Waals surface area contributed by atoms with Gasteiger partial charge < -0.3 is 14.8 Å². The number of hydrogen-bond acceptors (Lipinski definition) is 5. The number of rotatable bonds is 6. The summed E-state index contributed by atoms with van der Waals surface area (Å²) < 4.78 is 9.65. The third-order valence-electron chi connectivity index (χ3n) is 4.35. The predicted molar refractivity (Wildman–Crippen MR) is 105 cm³/mol. The summed E-state index contributed by atoms with van der Waals surface area (Å²) >= 11 is 0. The van der Waals surface area contributed by atoms with Crippen molar-refractivity contribution < 1.29 is 23.9 Å². The lowest BCUT2D eigenvalue weighted by Crippen LogP contribution is -2.40. The zero-order valence-corrected chi connectivity index (χ0v) is 15.6. The second kappa shape index (κ2) is 8.39. The van der Waals surface area contributed by atoms with E-state index in [1.807, 2.05) is 42.5 Å². The number of methoxy groups -OCH3 is 2. The quantitative estimate of drug-likeness (QED) is 0.611. The van der Waals surface area contributed by atoms with Crippen LogP contribution in [0, 0.1) is 0 Å². The van der Waals surface area contributed by atoms with E-state index in [0.717, 1.165) is 16.9 Å². The number of para-hydroxylation sites is 1. The van der Waals surface area contributed by atoms with Crippen LogP contribution in [0.4, 0.5) is 5.69 Å². The van der Waals surface area contributed by atoms with Gasteiger partial charge in [-0.2, -0.15) is 0 Å². The van der Waals surface area contributed by atoms with Gasteiger partial charge in [-0.25, -0.2) is 0 Å². The van der Waals surface area contributed by atoms with Gasteiger partial charge in [-0.1, -0.05) is 30.3 Å². The summed E-state index contributed by atoms with van der Waals surface area (Å²) in [6.45, 7) is -0.430. The second-order valence-electron chi connectivity index (χ2n) is 6.09. The number of amides is 2. The van der Waals surface area contributed by atoms with Gasteiger partial charge in [0.25, 0.3) is 5.91 Å². The summed E-state index contributed by atoms with van der Waals surface area (Å²) in [6.07, 6.45) is 1.78. The molecule has 7 nitrogen and oxygen atoms in total. The zero-order chi connectivity index (χ0) is 20.1. The van der Waals surface area contributed by atoms with Crippen LogP contribution in [-0.4, -0.2) is 45.1 Å². The molecule has 1 aliphatic rings.